The predicted octanol–water partition coefficient (Wildman–Crippen LogP) is 2.86. The zero-order valence-corrected chi connectivity index (χ0v) is 13.6. The van der Waals surface area contributed by atoms with E-state index >= 15 is 0 Å². The number of para-hydroxylation sites is 1. The second-order valence-corrected chi connectivity index (χ2v) is 5.46. The summed E-state index contributed by atoms with van der Waals surface area (Å²) < 4.78 is 0. The summed E-state index contributed by atoms with van der Waals surface area (Å²) in [6, 6.07) is 11.0. The minimum atomic E-state index is -0.597. The summed E-state index contributed by atoms with van der Waals surface area (Å²) >= 11 is 0. The first-order chi connectivity index (χ1) is 11.3. The van der Waals surface area contributed by atoms with Crippen LogP contribution < -0.4 is 5.32 Å². The van der Waals surface area contributed by atoms with Crippen LogP contribution in [-0.4, -0.2) is 35.7 Å². The molecule has 0 aliphatic rings. The van der Waals surface area contributed by atoms with Crippen molar-refractivity contribution in [1.82, 2.24) is 4.90 Å². The molecule has 0 radical (unpaired) electrons. The molecule has 124 valence electrons. The van der Waals surface area contributed by atoms with Gasteiger partial charge < -0.3 is 10.2 Å². The van der Waals surface area contributed by atoms with Gasteiger partial charge in [0.2, 0.25) is 0 Å². The molecule has 1 N–H and O–H groups in total. The molecule has 0 aliphatic heterocycles. The van der Waals surface area contributed by atoms with Crippen LogP contribution in [0.15, 0.2) is 42.5 Å². The molecule has 24 heavy (non-hydrogen) atoms. The Kier molecular flexibility index (Phi) is 4.93. The molecule has 2 aromatic carbocycles. The van der Waals surface area contributed by atoms with Crippen LogP contribution in [0.5, 0.6) is 0 Å². The van der Waals surface area contributed by atoms with Crippen molar-refractivity contribution in [2.24, 2.45) is 0 Å². The van der Waals surface area contributed by atoms with Gasteiger partial charge in [0.25, 0.3) is 17.5 Å². The van der Waals surface area contributed by atoms with Crippen molar-refractivity contribution in [2.75, 3.05) is 19.4 Å². The molecule has 0 bridgehead atoms. The number of nitro benzene ring substituents is 1. The molecule has 0 heterocycles. The molecule has 7 heteroatoms. The number of carbonyl (C=O) groups is 2. The Morgan fingerprint density at radius 1 is 1.12 bits per heavy atom. The van der Waals surface area contributed by atoms with E-state index in [4.69, 9.17) is 0 Å². The van der Waals surface area contributed by atoms with Gasteiger partial charge in [0.15, 0.2) is 0 Å². The number of carbonyl (C=O) groups excluding carboxylic acids is 2. The second kappa shape index (κ2) is 6.91. The molecule has 0 spiro atoms. The third-order valence-corrected chi connectivity index (χ3v) is 3.44. The average molecular weight is 327 g/mol. The molecule has 2 amide bonds. The third-order valence-electron chi connectivity index (χ3n) is 3.44. The lowest BCUT2D eigenvalue weighted by atomic mass is 10.1. The summed E-state index contributed by atoms with van der Waals surface area (Å²) in [6.45, 7) is 1.57. The molecule has 0 fully saturated rings. The summed E-state index contributed by atoms with van der Waals surface area (Å²) in [7, 11) is 3.26. The minimum absolute atomic E-state index is 0.0238. The zero-order chi connectivity index (χ0) is 17.9. The fraction of sp³-hybridized carbons (Fsp3) is 0.176. The number of nitrogens with one attached hydrogen (secondary N) is 1. The number of nitrogens with zero attached hydrogens (tertiary/aromatic N) is 2. The third kappa shape index (κ3) is 3.57. The molecule has 0 atom stereocenters. The van der Waals surface area contributed by atoms with Crippen molar-refractivity contribution < 1.29 is 14.5 Å². The standard InChI is InChI=1S/C17H17N3O4/c1-11-6-4-9-14(15(11)20(23)24)16(21)18-13-8-5-7-12(10-13)17(22)19(2)3/h4-10H,1-3H3,(H,18,21). The smallest absolute Gasteiger partial charge is 0.285 e. The van der Waals surface area contributed by atoms with E-state index < -0.39 is 10.8 Å². The van der Waals surface area contributed by atoms with Crippen LogP contribution in [0.2, 0.25) is 0 Å². The topological polar surface area (TPSA) is 92.6 Å². The maximum absolute atomic E-state index is 12.4. The first-order valence-electron chi connectivity index (χ1n) is 7.18. The van der Waals surface area contributed by atoms with Crippen molar-refractivity contribution in [1.29, 1.82) is 0 Å². The molecule has 2 aromatic rings. The van der Waals surface area contributed by atoms with Crippen molar-refractivity contribution in [3.63, 3.8) is 0 Å². The normalized spacial score (nSPS) is 10.1. The summed E-state index contributed by atoms with van der Waals surface area (Å²) in [5.41, 5.74) is 0.962. The lowest BCUT2D eigenvalue weighted by Crippen LogP contribution is -2.22. The maximum atomic E-state index is 12.4. The van der Waals surface area contributed by atoms with E-state index in [9.17, 15) is 19.7 Å². The molecular formula is C17H17N3O4. The Bertz CT molecular complexity index is 815. The average Bonchev–Trinajstić information content (AvgIpc) is 2.53. The van der Waals surface area contributed by atoms with Gasteiger partial charge in [-0.3, -0.25) is 19.7 Å². The van der Waals surface area contributed by atoms with E-state index in [1.54, 1.807) is 51.4 Å². The molecular weight excluding hydrogens is 310 g/mol. The van der Waals surface area contributed by atoms with Gasteiger partial charge in [-0.2, -0.15) is 0 Å². The Morgan fingerprint density at radius 2 is 1.79 bits per heavy atom. The van der Waals surface area contributed by atoms with Gasteiger partial charge in [-0.15, -0.1) is 0 Å². The maximum Gasteiger partial charge on any atom is 0.285 e. The highest BCUT2D eigenvalue weighted by molar-refractivity contribution is 6.08. The van der Waals surface area contributed by atoms with Gasteiger partial charge >= 0.3 is 0 Å². The predicted molar refractivity (Wildman–Crippen MR) is 90.2 cm³/mol. The SMILES string of the molecule is Cc1cccc(C(=O)Nc2cccc(C(=O)N(C)C)c2)c1[N+](=O)[O-]. The Balaban J connectivity index is 2.32. The lowest BCUT2D eigenvalue weighted by Gasteiger charge is -2.12. The summed E-state index contributed by atoms with van der Waals surface area (Å²) in [5, 5.41) is 13.8. The Hall–Kier alpha value is -3.22. The van der Waals surface area contributed by atoms with Crippen LogP contribution in [-0.2, 0) is 0 Å². The molecule has 2 rings (SSSR count). The molecule has 0 aliphatic carbocycles. The number of anilines is 1. The Labute approximate surface area is 139 Å². The molecule has 0 unspecified atom stereocenters. The number of benzene rings is 2. The van der Waals surface area contributed by atoms with Crippen LogP contribution in [0.1, 0.15) is 26.3 Å². The van der Waals surface area contributed by atoms with Crippen molar-refractivity contribution in [2.45, 2.75) is 6.92 Å². The molecule has 0 saturated carbocycles. The van der Waals surface area contributed by atoms with Crippen molar-refractivity contribution >= 4 is 23.2 Å². The van der Waals surface area contributed by atoms with E-state index in [2.05, 4.69) is 5.32 Å². The highest BCUT2D eigenvalue weighted by atomic mass is 16.6. The number of aryl methyl sites for hydroxylation is 1. The zero-order valence-electron chi connectivity index (χ0n) is 13.6. The number of nitro groups is 1. The van der Waals surface area contributed by atoms with Gasteiger partial charge in [-0.05, 0) is 31.2 Å². The first kappa shape index (κ1) is 17.1. The van der Waals surface area contributed by atoms with Crippen molar-refractivity contribution in [3.05, 3.63) is 69.3 Å². The highest BCUT2D eigenvalue weighted by Gasteiger charge is 2.22. The minimum Gasteiger partial charge on any atom is -0.345 e. The van der Waals surface area contributed by atoms with Gasteiger partial charge in [0.05, 0.1) is 4.92 Å². The number of hydrogen-bond acceptors (Lipinski definition) is 4. The van der Waals surface area contributed by atoms with Crippen LogP contribution in [0.3, 0.4) is 0 Å². The largest absolute Gasteiger partial charge is 0.345 e. The highest BCUT2D eigenvalue weighted by Crippen LogP contribution is 2.24. The van der Waals surface area contributed by atoms with E-state index in [0.29, 0.717) is 16.8 Å². The summed E-state index contributed by atoms with van der Waals surface area (Å²) in [6.07, 6.45) is 0. The van der Waals surface area contributed by atoms with Crippen LogP contribution in [0.4, 0.5) is 11.4 Å². The van der Waals surface area contributed by atoms with Gasteiger partial charge in [-0.25, -0.2) is 0 Å². The van der Waals surface area contributed by atoms with E-state index in [1.165, 1.54) is 17.0 Å². The number of hydrogen-bond donors (Lipinski definition) is 1. The van der Waals surface area contributed by atoms with Gasteiger partial charge in [-0.1, -0.05) is 18.2 Å². The molecule has 7 nitrogen and oxygen atoms in total. The fourth-order valence-electron chi connectivity index (χ4n) is 2.27. The molecule has 0 aromatic heterocycles. The van der Waals surface area contributed by atoms with Gasteiger partial charge in [0.1, 0.15) is 5.56 Å². The van der Waals surface area contributed by atoms with Crippen LogP contribution in [0, 0.1) is 17.0 Å². The van der Waals surface area contributed by atoms with Crippen LogP contribution in [0.25, 0.3) is 0 Å². The van der Waals surface area contributed by atoms with E-state index in [0.717, 1.165) is 0 Å². The Morgan fingerprint density at radius 3 is 2.42 bits per heavy atom. The quantitative estimate of drug-likeness (QED) is 0.690. The number of rotatable bonds is 4. The van der Waals surface area contributed by atoms with Crippen molar-refractivity contribution in [3.8, 4) is 0 Å². The summed E-state index contributed by atoms with van der Waals surface area (Å²) in [4.78, 5) is 36.4. The fourth-order valence-corrected chi connectivity index (χ4v) is 2.27. The van der Waals surface area contributed by atoms with Gasteiger partial charge in [0, 0.05) is 30.9 Å². The monoisotopic (exact) mass is 327 g/mol. The first-order valence-corrected chi connectivity index (χ1v) is 7.18. The molecule has 0 saturated heterocycles. The second-order valence-electron chi connectivity index (χ2n) is 5.46. The lowest BCUT2D eigenvalue weighted by molar-refractivity contribution is -0.385. The van der Waals surface area contributed by atoms with E-state index in [-0.39, 0.29) is 17.2 Å². The summed E-state index contributed by atoms with van der Waals surface area (Å²) in [5.74, 6) is -0.799. The number of amides is 2. The van der Waals surface area contributed by atoms with E-state index in [1.807, 2.05) is 0 Å². The van der Waals surface area contributed by atoms with Crippen LogP contribution >= 0.6 is 0 Å².